The van der Waals surface area contributed by atoms with Crippen molar-refractivity contribution in [3.05, 3.63) is 47.5 Å². The van der Waals surface area contributed by atoms with E-state index in [4.69, 9.17) is 19.2 Å². The number of nitrogens with zero attached hydrogens (tertiary/aromatic N) is 2. The van der Waals surface area contributed by atoms with Crippen molar-refractivity contribution in [3.8, 4) is 11.5 Å². The van der Waals surface area contributed by atoms with Crippen LogP contribution in [0.5, 0.6) is 11.5 Å². The molecule has 3 heterocycles. The first-order valence-corrected chi connectivity index (χ1v) is 11.1. The Morgan fingerprint density at radius 1 is 1.20 bits per heavy atom. The van der Waals surface area contributed by atoms with Gasteiger partial charge in [0.1, 0.15) is 6.61 Å². The Morgan fingerprint density at radius 2 is 2.00 bits per heavy atom. The third kappa shape index (κ3) is 3.63. The molecule has 1 fully saturated rings. The van der Waals surface area contributed by atoms with Crippen molar-refractivity contribution in [1.82, 2.24) is 4.98 Å². The summed E-state index contributed by atoms with van der Waals surface area (Å²) in [5.74, 6) is 1.11. The normalized spacial score (nSPS) is 20.5. The van der Waals surface area contributed by atoms with E-state index in [0.717, 1.165) is 29.7 Å². The van der Waals surface area contributed by atoms with Crippen LogP contribution in [-0.2, 0) is 9.53 Å². The van der Waals surface area contributed by atoms with Crippen molar-refractivity contribution in [1.29, 1.82) is 0 Å². The van der Waals surface area contributed by atoms with Crippen LogP contribution in [0.15, 0.2) is 36.4 Å². The zero-order valence-electron chi connectivity index (χ0n) is 17.1. The third-order valence-electron chi connectivity index (χ3n) is 5.68. The summed E-state index contributed by atoms with van der Waals surface area (Å²) in [5.41, 5.74) is 3.32. The smallest absolute Gasteiger partial charge is 0.273 e. The summed E-state index contributed by atoms with van der Waals surface area (Å²) in [6, 6.07) is 11.6. The average molecular weight is 425 g/mol. The summed E-state index contributed by atoms with van der Waals surface area (Å²) >= 11 is 1.53. The summed E-state index contributed by atoms with van der Waals surface area (Å²) in [7, 11) is 0. The number of para-hydroxylation sites is 2. The molecule has 5 rings (SSSR count). The van der Waals surface area contributed by atoms with Gasteiger partial charge in [-0.1, -0.05) is 23.5 Å². The van der Waals surface area contributed by atoms with E-state index in [1.54, 1.807) is 4.90 Å². The van der Waals surface area contributed by atoms with E-state index in [9.17, 15) is 4.79 Å². The van der Waals surface area contributed by atoms with Gasteiger partial charge in [0.25, 0.3) is 5.91 Å². The highest BCUT2D eigenvalue weighted by molar-refractivity contribution is 7.22. The third-order valence-corrected chi connectivity index (χ3v) is 6.72. The molecule has 156 valence electrons. The van der Waals surface area contributed by atoms with E-state index in [0.29, 0.717) is 23.2 Å². The number of thiazole rings is 1. The SMILES string of the molecule is Cc1cc2nc(N(CC3CCCO3)C(=O)C3COc4ccccc4O3)sc2cc1C. The fourth-order valence-electron chi connectivity index (χ4n) is 3.85. The van der Waals surface area contributed by atoms with Gasteiger partial charge in [0.2, 0.25) is 6.10 Å². The summed E-state index contributed by atoms with van der Waals surface area (Å²) < 4.78 is 18.7. The van der Waals surface area contributed by atoms with Crippen LogP contribution in [0, 0.1) is 13.8 Å². The van der Waals surface area contributed by atoms with Gasteiger partial charge in [0.15, 0.2) is 16.6 Å². The Labute approximate surface area is 179 Å². The van der Waals surface area contributed by atoms with Gasteiger partial charge in [0.05, 0.1) is 22.9 Å². The van der Waals surface area contributed by atoms with Crippen LogP contribution < -0.4 is 14.4 Å². The Hall–Kier alpha value is -2.64. The van der Waals surface area contributed by atoms with Crippen LogP contribution in [0.4, 0.5) is 5.13 Å². The largest absolute Gasteiger partial charge is 0.485 e. The molecular weight excluding hydrogens is 400 g/mol. The molecule has 0 N–H and O–H groups in total. The molecule has 2 aromatic carbocycles. The molecule has 2 atom stereocenters. The van der Waals surface area contributed by atoms with Crippen molar-refractivity contribution in [3.63, 3.8) is 0 Å². The van der Waals surface area contributed by atoms with E-state index in [1.165, 1.54) is 22.5 Å². The molecule has 7 heteroatoms. The van der Waals surface area contributed by atoms with Crippen LogP contribution in [0.3, 0.4) is 0 Å². The number of fused-ring (bicyclic) bond motifs is 2. The second-order valence-electron chi connectivity index (χ2n) is 7.85. The molecule has 0 spiro atoms. The minimum atomic E-state index is -0.711. The maximum Gasteiger partial charge on any atom is 0.273 e. The number of amides is 1. The minimum Gasteiger partial charge on any atom is -0.485 e. The number of hydrogen-bond acceptors (Lipinski definition) is 6. The molecule has 0 aliphatic carbocycles. The van der Waals surface area contributed by atoms with Gasteiger partial charge in [-0.05, 0) is 62.1 Å². The van der Waals surface area contributed by atoms with E-state index in [1.807, 2.05) is 24.3 Å². The Kier molecular flexibility index (Phi) is 5.08. The molecular formula is C23H24N2O4S. The molecule has 0 bridgehead atoms. The molecule has 0 radical (unpaired) electrons. The fourth-order valence-corrected chi connectivity index (χ4v) is 4.91. The summed E-state index contributed by atoms with van der Waals surface area (Å²) in [5, 5.41) is 0.679. The standard InChI is InChI=1S/C23H24N2O4S/c1-14-10-17-21(11-15(14)2)30-23(24-17)25(12-16-6-5-9-27-16)22(26)20-13-28-18-7-3-4-8-19(18)29-20/h3-4,7-8,10-11,16,20H,5-6,9,12-13H2,1-2H3. The van der Waals surface area contributed by atoms with E-state index < -0.39 is 6.10 Å². The van der Waals surface area contributed by atoms with Crippen LogP contribution in [-0.4, -0.2) is 42.9 Å². The highest BCUT2D eigenvalue weighted by atomic mass is 32.1. The number of rotatable bonds is 4. The first kappa shape index (κ1) is 19.3. The minimum absolute atomic E-state index is 0.0150. The lowest BCUT2D eigenvalue weighted by Gasteiger charge is -2.30. The predicted molar refractivity (Wildman–Crippen MR) is 117 cm³/mol. The number of carbonyl (C=O) groups is 1. The lowest BCUT2D eigenvalue weighted by Crippen LogP contribution is -2.48. The molecule has 2 aliphatic rings. The Balaban J connectivity index is 1.46. The van der Waals surface area contributed by atoms with Crippen molar-refractivity contribution >= 4 is 32.6 Å². The Morgan fingerprint density at radius 3 is 2.80 bits per heavy atom. The van der Waals surface area contributed by atoms with E-state index in [2.05, 4.69) is 26.0 Å². The molecule has 2 unspecified atom stereocenters. The highest BCUT2D eigenvalue weighted by Crippen LogP contribution is 2.34. The average Bonchev–Trinajstić information content (AvgIpc) is 3.41. The van der Waals surface area contributed by atoms with Crippen molar-refractivity contribution in [2.45, 2.75) is 38.9 Å². The molecule has 1 saturated heterocycles. The van der Waals surface area contributed by atoms with Crippen LogP contribution >= 0.6 is 11.3 Å². The molecule has 1 aromatic heterocycles. The van der Waals surface area contributed by atoms with E-state index >= 15 is 0 Å². The lowest BCUT2D eigenvalue weighted by molar-refractivity contribution is -0.128. The summed E-state index contributed by atoms with van der Waals surface area (Å²) in [6.07, 6.45) is 1.26. The molecule has 0 saturated carbocycles. The van der Waals surface area contributed by atoms with Gasteiger partial charge in [-0.3, -0.25) is 9.69 Å². The van der Waals surface area contributed by atoms with Gasteiger partial charge in [0, 0.05) is 6.61 Å². The first-order valence-electron chi connectivity index (χ1n) is 10.3. The molecule has 30 heavy (non-hydrogen) atoms. The topological polar surface area (TPSA) is 60.9 Å². The molecule has 6 nitrogen and oxygen atoms in total. The number of aromatic nitrogens is 1. The molecule has 2 aliphatic heterocycles. The van der Waals surface area contributed by atoms with E-state index in [-0.39, 0.29) is 18.6 Å². The quantitative estimate of drug-likeness (QED) is 0.626. The van der Waals surface area contributed by atoms with Crippen molar-refractivity contribution in [2.75, 3.05) is 24.7 Å². The number of anilines is 1. The summed E-state index contributed by atoms with van der Waals surface area (Å²) in [4.78, 5) is 20.1. The number of carbonyl (C=O) groups excluding carboxylic acids is 1. The van der Waals surface area contributed by atoms with Crippen molar-refractivity contribution in [2.24, 2.45) is 0 Å². The number of aryl methyl sites for hydroxylation is 2. The Bertz CT molecular complexity index is 1050. The number of benzene rings is 2. The van der Waals surface area contributed by atoms with Crippen LogP contribution in [0.1, 0.15) is 24.0 Å². The van der Waals surface area contributed by atoms with Crippen LogP contribution in [0.2, 0.25) is 0 Å². The predicted octanol–water partition coefficient (Wildman–Crippen LogP) is 4.27. The van der Waals surface area contributed by atoms with Gasteiger partial charge in [-0.15, -0.1) is 0 Å². The zero-order chi connectivity index (χ0) is 20.7. The summed E-state index contributed by atoms with van der Waals surface area (Å²) in [6.45, 7) is 5.56. The van der Waals surface area contributed by atoms with Gasteiger partial charge in [-0.25, -0.2) is 4.98 Å². The van der Waals surface area contributed by atoms with Crippen LogP contribution in [0.25, 0.3) is 10.2 Å². The fraction of sp³-hybridized carbons (Fsp3) is 0.391. The zero-order valence-corrected chi connectivity index (χ0v) is 17.9. The second-order valence-corrected chi connectivity index (χ2v) is 8.86. The number of hydrogen-bond donors (Lipinski definition) is 0. The monoisotopic (exact) mass is 424 g/mol. The number of ether oxygens (including phenoxy) is 3. The highest BCUT2D eigenvalue weighted by Gasteiger charge is 2.35. The molecule has 3 aromatic rings. The van der Waals surface area contributed by atoms with Gasteiger partial charge < -0.3 is 14.2 Å². The van der Waals surface area contributed by atoms with Crippen molar-refractivity contribution < 1.29 is 19.0 Å². The van der Waals surface area contributed by atoms with Gasteiger partial charge >= 0.3 is 0 Å². The maximum atomic E-state index is 13.5. The lowest BCUT2D eigenvalue weighted by atomic mass is 10.1. The van der Waals surface area contributed by atoms with Gasteiger partial charge in [-0.2, -0.15) is 0 Å². The maximum absolute atomic E-state index is 13.5. The molecule has 1 amide bonds. The second kappa shape index (κ2) is 7.89. The first-order chi connectivity index (χ1) is 14.6.